The van der Waals surface area contributed by atoms with Crippen LogP contribution in [0.25, 0.3) is 22.2 Å². The highest BCUT2D eigenvalue weighted by Gasteiger charge is 2.37. The number of rotatable bonds is 4. The Morgan fingerprint density at radius 1 is 1.34 bits per heavy atom. The molecule has 3 aromatic rings. The Labute approximate surface area is 185 Å². The second-order valence-electron chi connectivity index (χ2n) is 7.31. The number of halogens is 4. The van der Waals surface area contributed by atoms with Gasteiger partial charge in [-0.15, -0.1) is 0 Å². The van der Waals surface area contributed by atoms with Crippen molar-refractivity contribution in [2.24, 2.45) is 0 Å². The molecule has 0 aliphatic carbocycles. The van der Waals surface area contributed by atoms with Gasteiger partial charge in [0.05, 0.1) is 35.2 Å². The van der Waals surface area contributed by atoms with Crippen molar-refractivity contribution in [3.63, 3.8) is 0 Å². The molecule has 1 fully saturated rings. The zero-order valence-corrected chi connectivity index (χ0v) is 17.7. The van der Waals surface area contributed by atoms with Gasteiger partial charge in [-0.1, -0.05) is 17.7 Å². The number of anilines is 2. The highest BCUT2D eigenvalue weighted by atomic mass is 35.5. The lowest BCUT2D eigenvalue weighted by atomic mass is 10.0. The molecule has 0 bridgehead atoms. The van der Waals surface area contributed by atoms with E-state index in [2.05, 4.69) is 35.6 Å². The molecular weight excluding hydrogens is 449 g/mol. The third-order valence-electron chi connectivity index (χ3n) is 5.19. The third kappa shape index (κ3) is 4.44. The summed E-state index contributed by atoms with van der Waals surface area (Å²) in [5, 5.41) is 9.07. The van der Waals surface area contributed by atoms with Crippen molar-refractivity contribution < 1.29 is 22.7 Å². The van der Waals surface area contributed by atoms with Crippen LogP contribution in [-0.2, 0) is 10.9 Å². The van der Waals surface area contributed by atoms with E-state index in [-0.39, 0.29) is 22.0 Å². The molecule has 12 heteroatoms. The SMILES string of the molecule is COC(=O)Nc1ccc2c(-c3nc(N[C@H]4CCCNC4)ncc3Cl)c[nH]c2c1C(F)(F)F. The van der Waals surface area contributed by atoms with Crippen molar-refractivity contribution in [1.29, 1.82) is 0 Å². The van der Waals surface area contributed by atoms with Crippen LogP contribution < -0.4 is 16.0 Å². The van der Waals surface area contributed by atoms with E-state index < -0.39 is 23.5 Å². The number of amides is 1. The first kappa shape index (κ1) is 22.2. The van der Waals surface area contributed by atoms with Gasteiger partial charge < -0.3 is 20.4 Å². The van der Waals surface area contributed by atoms with Crippen molar-refractivity contribution in [3.8, 4) is 11.3 Å². The number of aromatic nitrogens is 3. The molecule has 4 rings (SSSR count). The lowest BCUT2D eigenvalue weighted by Crippen LogP contribution is -2.38. The van der Waals surface area contributed by atoms with Crippen LogP contribution in [0.5, 0.6) is 0 Å². The number of carbonyl (C=O) groups excluding carboxylic acids is 1. The minimum absolute atomic E-state index is 0.143. The normalized spacial score (nSPS) is 16.7. The molecule has 0 saturated carbocycles. The van der Waals surface area contributed by atoms with Gasteiger partial charge in [0.1, 0.15) is 5.56 Å². The van der Waals surface area contributed by atoms with Crippen LogP contribution in [0, 0.1) is 0 Å². The quantitative estimate of drug-likeness (QED) is 0.445. The molecule has 1 aromatic carbocycles. The number of methoxy groups -OCH3 is 1. The van der Waals surface area contributed by atoms with E-state index in [4.69, 9.17) is 11.6 Å². The summed E-state index contributed by atoms with van der Waals surface area (Å²) in [4.78, 5) is 22.8. The van der Waals surface area contributed by atoms with Gasteiger partial charge >= 0.3 is 12.3 Å². The minimum Gasteiger partial charge on any atom is -0.453 e. The zero-order chi connectivity index (χ0) is 22.9. The molecule has 1 atom stereocenters. The maximum Gasteiger partial charge on any atom is 0.420 e. The molecule has 0 unspecified atom stereocenters. The predicted octanol–water partition coefficient (Wildman–Crippen LogP) is 4.64. The second kappa shape index (κ2) is 8.83. The topological polar surface area (TPSA) is 104 Å². The van der Waals surface area contributed by atoms with Crippen molar-refractivity contribution in [2.75, 3.05) is 30.8 Å². The Kier molecular flexibility index (Phi) is 6.11. The van der Waals surface area contributed by atoms with Crippen molar-refractivity contribution in [2.45, 2.75) is 25.1 Å². The molecule has 3 heterocycles. The first-order chi connectivity index (χ1) is 15.3. The van der Waals surface area contributed by atoms with Crippen molar-refractivity contribution in [3.05, 3.63) is 35.1 Å². The summed E-state index contributed by atoms with van der Waals surface area (Å²) in [5.41, 5.74) is -0.981. The Morgan fingerprint density at radius 2 is 2.16 bits per heavy atom. The number of ether oxygens (including phenoxy) is 1. The molecule has 1 aliphatic heterocycles. The summed E-state index contributed by atoms with van der Waals surface area (Å²) in [6, 6.07) is 2.77. The molecule has 1 aliphatic rings. The van der Waals surface area contributed by atoms with Crippen molar-refractivity contribution >= 4 is 40.2 Å². The van der Waals surface area contributed by atoms with Crippen LogP contribution in [0.15, 0.2) is 24.5 Å². The van der Waals surface area contributed by atoms with E-state index in [1.165, 1.54) is 24.5 Å². The fourth-order valence-electron chi connectivity index (χ4n) is 3.74. The molecule has 0 spiro atoms. The van der Waals surface area contributed by atoms with Gasteiger partial charge in [-0.3, -0.25) is 5.32 Å². The number of aromatic amines is 1. The summed E-state index contributed by atoms with van der Waals surface area (Å²) in [5.74, 6) is 0.340. The standard InChI is InChI=1S/C20H20ClF3N6O2/c1-32-19(31)29-14-5-4-11-12(8-26-17(11)15(14)20(22,23)24)16-13(21)9-27-18(30-16)28-10-3-2-6-25-7-10/h4-5,8-10,25-26H,2-3,6-7H2,1H3,(H,29,31)(H,27,28,30)/t10-/m0/s1. The highest BCUT2D eigenvalue weighted by molar-refractivity contribution is 6.33. The molecule has 1 saturated heterocycles. The van der Waals surface area contributed by atoms with E-state index in [0.717, 1.165) is 33.0 Å². The van der Waals surface area contributed by atoms with E-state index in [9.17, 15) is 18.0 Å². The third-order valence-corrected chi connectivity index (χ3v) is 5.47. The summed E-state index contributed by atoms with van der Waals surface area (Å²) in [7, 11) is 1.07. The number of H-pyrrole nitrogens is 1. The average molecular weight is 469 g/mol. The zero-order valence-electron chi connectivity index (χ0n) is 16.9. The number of alkyl halides is 3. The number of nitrogens with zero attached hydrogens (tertiary/aromatic N) is 2. The second-order valence-corrected chi connectivity index (χ2v) is 7.71. The summed E-state index contributed by atoms with van der Waals surface area (Å²) in [6.45, 7) is 1.72. The Morgan fingerprint density at radius 3 is 2.84 bits per heavy atom. The number of hydrogen-bond donors (Lipinski definition) is 4. The largest absolute Gasteiger partial charge is 0.453 e. The van der Waals surface area contributed by atoms with Crippen LogP contribution in [0.2, 0.25) is 5.02 Å². The minimum atomic E-state index is -4.74. The lowest BCUT2D eigenvalue weighted by Gasteiger charge is -2.23. The van der Waals surface area contributed by atoms with Gasteiger partial charge in [0.2, 0.25) is 5.95 Å². The summed E-state index contributed by atoms with van der Waals surface area (Å²) in [6.07, 6.45) is -0.960. The summed E-state index contributed by atoms with van der Waals surface area (Å²) < 4.78 is 46.0. The van der Waals surface area contributed by atoms with Crippen LogP contribution in [0.3, 0.4) is 0 Å². The number of carbonyl (C=O) groups is 1. The maximum atomic E-state index is 13.9. The number of fused-ring (bicyclic) bond motifs is 1. The molecule has 4 N–H and O–H groups in total. The van der Waals surface area contributed by atoms with Gasteiger partial charge in [0.25, 0.3) is 0 Å². The molecule has 32 heavy (non-hydrogen) atoms. The van der Waals surface area contributed by atoms with Gasteiger partial charge in [-0.2, -0.15) is 13.2 Å². The summed E-state index contributed by atoms with van der Waals surface area (Å²) >= 11 is 6.30. The fraction of sp³-hybridized carbons (Fsp3) is 0.350. The van der Waals surface area contributed by atoms with E-state index in [1.807, 2.05) is 0 Å². The van der Waals surface area contributed by atoms with Crippen LogP contribution in [-0.4, -0.2) is 47.3 Å². The first-order valence-electron chi connectivity index (χ1n) is 9.84. The van der Waals surface area contributed by atoms with Crippen LogP contribution in [0.1, 0.15) is 18.4 Å². The maximum absolute atomic E-state index is 13.9. The van der Waals surface area contributed by atoms with Crippen LogP contribution in [0.4, 0.5) is 29.6 Å². The van der Waals surface area contributed by atoms with Gasteiger partial charge in [-0.05, 0) is 25.5 Å². The van der Waals surface area contributed by atoms with Crippen molar-refractivity contribution in [1.82, 2.24) is 20.3 Å². The predicted molar refractivity (Wildman–Crippen MR) is 115 cm³/mol. The number of piperidine rings is 1. The Balaban J connectivity index is 1.77. The van der Waals surface area contributed by atoms with Gasteiger partial charge in [0.15, 0.2) is 0 Å². The lowest BCUT2D eigenvalue weighted by molar-refractivity contribution is -0.135. The first-order valence-corrected chi connectivity index (χ1v) is 10.2. The van der Waals surface area contributed by atoms with E-state index in [1.54, 1.807) is 0 Å². The number of hydrogen-bond acceptors (Lipinski definition) is 6. The highest BCUT2D eigenvalue weighted by Crippen LogP contribution is 2.43. The smallest absolute Gasteiger partial charge is 0.420 e. The molecule has 1 amide bonds. The monoisotopic (exact) mass is 468 g/mol. The Hall–Kier alpha value is -3.05. The van der Waals surface area contributed by atoms with Gasteiger partial charge in [0, 0.05) is 29.7 Å². The Bertz CT molecular complexity index is 1140. The average Bonchev–Trinajstić information content (AvgIpc) is 3.18. The van der Waals surface area contributed by atoms with E-state index in [0.29, 0.717) is 17.2 Å². The number of benzene rings is 1. The molecular formula is C20H20ClF3N6O2. The molecule has 170 valence electrons. The fourth-order valence-corrected chi connectivity index (χ4v) is 3.93. The molecule has 8 nitrogen and oxygen atoms in total. The van der Waals surface area contributed by atoms with E-state index >= 15 is 0 Å². The van der Waals surface area contributed by atoms with Gasteiger partial charge in [-0.25, -0.2) is 14.8 Å². The number of nitrogens with one attached hydrogen (secondary N) is 4. The van der Waals surface area contributed by atoms with Crippen LogP contribution >= 0.6 is 11.6 Å². The molecule has 0 radical (unpaired) electrons. The molecule has 2 aromatic heterocycles.